The third-order valence-corrected chi connectivity index (χ3v) is 5.26. The Labute approximate surface area is 157 Å². The molecule has 1 saturated carbocycles. The second kappa shape index (κ2) is 7.08. The molecule has 2 rings (SSSR count). The van der Waals surface area contributed by atoms with Gasteiger partial charge in [0, 0.05) is 19.1 Å². The Bertz CT molecular complexity index is 541. The van der Waals surface area contributed by atoms with E-state index in [1.165, 1.54) is 7.11 Å². The lowest BCUT2D eigenvalue weighted by Gasteiger charge is -2.30. The number of halogens is 3. The highest BCUT2D eigenvalue weighted by atomic mass is 35.5. The number of carbonyl (C=O) groups is 2. The Hall–Kier alpha value is -0.790. The summed E-state index contributed by atoms with van der Waals surface area (Å²) >= 11 is 12.0. The number of alkyl halides is 3. The first-order valence-corrected chi connectivity index (χ1v) is 8.97. The number of hydrogen-bond acceptors (Lipinski definition) is 4. The third kappa shape index (κ3) is 4.68. The summed E-state index contributed by atoms with van der Waals surface area (Å²) in [5.41, 5.74) is -0.757. The number of nitrogens with one attached hydrogen (secondary N) is 1. The van der Waals surface area contributed by atoms with Gasteiger partial charge in [0.15, 0.2) is 0 Å². The maximum absolute atomic E-state index is 14.3. The average Bonchev–Trinajstić information content (AvgIpc) is 2.95. The summed E-state index contributed by atoms with van der Waals surface area (Å²) in [6.07, 6.45) is -2.73. The Morgan fingerprint density at radius 2 is 1.92 bits per heavy atom. The predicted octanol–water partition coefficient (Wildman–Crippen LogP) is 2.66. The van der Waals surface area contributed by atoms with Gasteiger partial charge in [-0.1, -0.05) is 0 Å². The van der Waals surface area contributed by atoms with Crippen molar-refractivity contribution >= 4 is 35.2 Å². The zero-order valence-corrected chi connectivity index (χ0v) is 16.5. The maximum atomic E-state index is 14.3. The van der Waals surface area contributed by atoms with E-state index in [0.717, 1.165) is 4.90 Å². The highest BCUT2D eigenvalue weighted by Crippen LogP contribution is 2.54. The van der Waals surface area contributed by atoms with Crippen LogP contribution in [0.2, 0.25) is 0 Å². The van der Waals surface area contributed by atoms with Crippen molar-refractivity contribution in [1.29, 1.82) is 0 Å². The van der Waals surface area contributed by atoms with Crippen LogP contribution in [-0.4, -0.2) is 64.8 Å². The molecule has 1 heterocycles. The molecule has 2 aliphatic rings. The van der Waals surface area contributed by atoms with E-state index in [4.69, 9.17) is 32.7 Å². The number of amides is 2. The summed E-state index contributed by atoms with van der Waals surface area (Å²) in [7, 11) is 1.31. The van der Waals surface area contributed by atoms with Gasteiger partial charge in [0.05, 0.1) is 6.54 Å². The molecule has 2 fully saturated rings. The molecule has 144 valence electrons. The second-order valence-electron chi connectivity index (χ2n) is 7.66. The van der Waals surface area contributed by atoms with Gasteiger partial charge < -0.3 is 14.8 Å². The zero-order valence-electron chi connectivity index (χ0n) is 15.0. The van der Waals surface area contributed by atoms with E-state index in [2.05, 4.69) is 5.32 Å². The summed E-state index contributed by atoms with van der Waals surface area (Å²) < 4.78 is 23.8. The Balaban J connectivity index is 2.11. The molecule has 9 heteroatoms. The van der Waals surface area contributed by atoms with Crippen LogP contribution in [0.5, 0.6) is 0 Å². The normalized spacial score (nSPS) is 32.2. The van der Waals surface area contributed by atoms with Crippen molar-refractivity contribution in [2.24, 2.45) is 5.92 Å². The molecule has 0 bridgehead atoms. The fourth-order valence-corrected chi connectivity index (χ4v) is 3.75. The van der Waals surface area contributed by atoms with Crippen LogP contribution < -0.4 is 5.32 Å². The van der Waals surface area contributed by atoms with Gasteiger partial charge in [-0.25, -0.2) is 9.18 Å². The summed E-state index contributed by atoms with van der Waals surface area (Å²) in [6, 6.07) is -1.42. The van der Waals surface area contributed by atoms with Gasteiger partial charge in [0.2, 0.25) is 5.91 Å². The quantitative estimate of drug-likeness (QED) is 0.739. The summed E-state index contributed by atoms with van der Waals surface area (Å²) in [6.45, 7) is 6.61. The van der Waals surface area contributed by atoms with Crippen molar-refractivity contribution in [3.63, 3.8) is 0 Å². The highest BCUT2D eigenvalue weighted by Gasteiger charge is 2.56. The van der Waals surface area contributed by atoms with E-state index in [1.54, 1.807) is 27.7 Å². The third-order valence-electron chi connectivity index (χ3n) is 4.39. The molecule has 1 saturated heterocycles. The van der Waals surface area contributed by atoms with Gasteiger partial charge in [-0.2, -0.15) is 0 Å². The number of likely N-dealkylation sites (tertiary alicyclic amines) is 1. The minimum Gasteiger partial charge on any atom is -0.444 e. The van der Waals surface area contributed by atoms with Gasteiger partial charge in [-0.3, -0.25) is 9.69 Å². The number of hydrogen-bond donors (Lipinski definition) is 1. The van der Waals surface area contributed by atoms with Crippen LogP contribution in [0, 0.1) is 5.92 Å². The van der Waals surface area contributed by atoms with Gasteiger partial charge >= 0.3 is 6.09 Å². The van der Waals surface area contributed by atoms with Crippen LogP contribution in [0.25, 0.3) is 0 Å². The van der Waals surface area contributed by atoms with Crippen molar-refractivity contribution in [2.75, 3.05) is 13.7 Å². The minimum atomic E-state index is -1.48. The van der Waals surface area contributed by atoms with Gasteiger partial charge in [-0.05, 0) is 34.1 Å². The number of ether oxygens (including phenoxy) is 2. The molecule has 0 unspecified atom stereocenters. The fourth-order valence-electron chi connectivity index (χ4n) is 3.04. The van der Waals surface area contributed by atoms with E-state index >= 15 is 0 Å². The lowest BCUT2D eigenvalue weighted by atomic mass is 10.1. The predicted molar refractivity (Wildman–Crippen MR) is 92.6 cm³/mol. The van der Waals surface area contributed by atoms with E-state index in [1.807, 2.05) is 0 Å². The van der Waals surface area contributed by atoms with Crippen LogP contribution in [0.3, 0.4) is 0 Å². The standard InChI is InChI=1S/C16H25Cl2FN2O4/c1-8(9-6-16(9,17)18)20-13(22)11-12(24-5)10(19)7-21(11)14(23)25-15(2,3)4/h8-12H,6-7H2,1-5H3,(H,20,22)/t8-,9-,10+,11+,12-/m1/s1. The van der Waals surface area contributed by atoms with Crippen LogP contribution in [0.1, 0.15) is 34.1 Å². The number of nitrogens with zero attached hydrogens (tertiary/aromatic N) is 1. The first kappa shape index (κ1) is 20.5. The topological polar surface area (TPSA) is 67.9 Å². The summed E-state index contributed by atoms with van der Waals surface area (Å²) in [4.78, 5) is 26.2. The number of carbonyl (C=O) groups excluding carboxylic acids is 2. The van der Waals surface area contributed by atoms with Crippen LogP contribution in [-0.2, 0) is 14.3 Å². The van der Waals surface area contributed by atoms with Crippen molar-refractivity contribution in [2.45, 2.75) is 68.4 Å². The van der Waals surface area contributed by atoms with Crippen LogP contribution >= 0.6 is 23.2 Å². The number of rotatable bonds is 4. The second-order valence-corrected chi connectivity index (χ2v) is 9.21. The van der Waals surface area contributed by atoms with Crippen molar-refractivity contribution in [3.8, 4) is 0 Å². The smallest absolute Gasteiger partial charge is 0.411 e. The molecule has 25 heavy (non-hydrogen) atoms. The SMILES string of the molecule is CO[C@H]1[C@@H](C(=O)N[C@H](C)[C@H]2CC2(Cl)Cl)N(C(=O)OC(C)(C)C)C[C@@H]1F. The van der Waals surface area contributed by atoms with Gasteiger partial charge in [0.25, 0.3) is 0 Å². The van der Waals surface area contributed by atoms with E-state index in [-0.39, 0.29) is 18.5 Å². The Morgan fingerprint density at radius 1 is 1.36 bits per heavy atom. The monoisotopic (exact) mass is 398 g/mol. The Morgan fingerprint density at radius 3 is 2.36 bits per heavy atom. The molecule has 5 atom stereocenters. The molecular formula is C16H25Cl2FN2O4. The lowest BCUT2D eigenvalue weighted by Crippen LogP contribution is -2.54. The van der Waals surface area contributed by atoms with Crippen LogP contribution in [0.4, 0.5) is 9.18 Å². The summed E-state index contributed by atoms with van der Waals surface area (Å²) in [5, 5.41) is 2.77. The Kier molecular flexibility index (Phi) is 5.81. The molecular weight excluding hydrogens is 374 g/mol. The summed E-state index contributed by atoms with van der Waals surface area (Å²) in [5.74, 6) is -0.597. The fraction of sp³-hybridized carbons (Fsp3) is 0.875. The van der Waals surface area contributed by atoms with E-state index in [0.29, 0.717) is 6.42 Å². The molecule has 2 amide bonds. The van der Waals surface area contributed by atoms with Crippen molar-refractivity contribution in [3.05, 3.63) is 0 Å². The van der Waals surface area contributed by atoms with Gasteiger partial charge in [0.1, 0.15) is 28.3 Å². The minimum absolute atomic E-state index is 0.0849. The molecule has 1 aliphatic carbocycles. The molecule has 1 aliphatic heterocycles. The maximum Gasteiger partial charge on any atom is 0.411 e. The molecule has 0 radical (unpaired) electrons. The van der Waals surface area contributed by atoms with E-state index < -0.39 is 40.3 Å². The van der Waals surface area contributed by atoms with Gasteiger partial charge in [-0.15, -0.1) is 23.2 Å². The van der Waals surface area contributed by atoms with Crippen molar-refractivity contribution in [1.82, 2.24) is 10.2 Å². The molecule has 0 spiro atoms. The van der Waals surface area contributed by atoms with Crippen molar-refractivity contribution < 1.29 is 23.5 Å². The first-order chi connectivity index (χ1) is 11.4. The molecule has 0 aromatic heterocycles. The number of methoxy groups -OCH3 is 1. The molecule has 0 aromatic rings. The molecule has 0 aromatic carbocycles. The largest absolute Gasteiger partial charge is 0.444 e. The molecule has 1 N–H and O–H groups in total. The molecule has 6 nitrogen and oxygen atoms in total. The lowest BCUT2D eigenvalue weighted by molar-refractivity contribution is -0.130. The average molecular weight is 399 g/mol. The highest BCUT2D eigenvalue weighted by molar-refractivity contribution is 6.50. The first-order valence-electron chi connectivity index (χ1n) is 8.22. The van der Waals surface area contributed by atoms with Crippen LogP contribution in [0.15, 0.2) is 0 Å². The zero-order chi connectivity index (χ0) is 19.2. The van der Waals surface area contributed by atoms with E-state index in [9.17, 15) is 14.0 Å².